The molecule has 0 saturated heterocycles. The molecule has 0 bridgehead atoms. The van der Waals surface area contributed by atoms with E-state index >= 15 is 0 Å². The van der Waals surface area contributed by atoms with E-state index in [2.05, 4.69) is 32.8 Å². The van der Waals surface area contributed by atoms with Crippen LogP contribution in [-0.2, 0) is 6.54 Å². The molecule has 2 aromatic rings. The van der Waals surface area contributed by atoms with Gasteiger partial charge in [-0.3, -0.25) is 9.20 Å². The zero-order valence-corrected chi connectivity index (χ0v) is 10.8. The van der Waals surface area contributed by atoms with Crippen molar-refractivity contribution in [3.63, 3.8) is 0 Å². The van der Waals surface area contributed by atoms with Gasteiger partial charge < -0.3 is 5.32 Å². The highest BCUT2D eigenvalue weighted by Crippen LogP contribution is 2.00. The summed E-state index contributed by atoms with van der Waals surface area (Å²) in [4.78, 5) is 16.2. The molecule has 0 aromatic carbocycles. The molecule has 0 unspecified atom stereocenters. The van der Waals surface area contributed by atoms with Crippen LogP contribution >= 0.6 is 15.9 Å². The molecule has 0 amide bonds. The maximum Gasteiger partial charge on any atom is 0.258 e. The van der Waals surface area contributed by atoms with Crippen LogP contribution < -0.4 is 10.9 Å². The van der Waals surface area contributed by atoms with Crippen molar-refractivity contribution in [2.24, 2.45) is 0 Å². The summed E-state index contributed by atoms with van der Waals surface area (Å²) in [5.74, 6) is 0. The lowest BCUT2D eigenvalue weighted by molar-refractivity contribution is 0.734. The van der Waals surface area contributed by atoms with Crippen molar-refractivity contribution >= 4 is 21.6 Å². The summed E-state index contributed by atoms with van der Waals surface area (Å²) in [5.41, 5.74) is 1.33. The van der Waals surface area contributed by atoms with Gasteiger partial charge in [0.1, 0.15) is 5.65 Å². The molecule has 0 spiro atoms. The number of halogens is 1. The van der Waals surface area contributed by atoms with Gasteiger partial charge in [-0.1, -0.05) is 28.6 Å². The molecule has 2 heterocycles. The number of pyridine rings is 1. The Morgan fingerprint density at radius 2 is 2.35 bits per heavy atom. The van der Waals surface area contributed by atoms with E-state index in [0.29, 0.717) is 18.7 Å². The topological polar surface area (TPSA) is 46.4 Å². The molecule has 0 atom stereocenters. The smallest absolute Gasteiger partial charge is 0.258 e. The molecular weight excluding hydrogens is 282 g/mol. The second-order valence-corrected chi connectivity index (χ2v) is 4.76. The van der Waals surface area contributed by atoms with Crippen LogP contribution in [0.25, 0.3) is 5.65 Å². The number of fused-ring (bicyclic) bond motifs is 1. The van der Waals surface area contributed by atoms with Crippen molar-refractivity contribution < 1.29 is 0 Å². The Bertz CT molecular complexity index is 606. The quantitative estimate of drug-likeness (QED) is 0.933. The lowest BCUT2D eigenvalue weighted by Gasteiger charge is -2.05. The lowest BCUT2D eigenvalue weighted by atomic mass is 10.3. The fourth-order valence-electron chi connectivity index (χ4n) is 1.52. The predicted molar refractivity (Wildman–Crippen MR) is 71.2 cm³/mol. The van der Waals surface area contributed by atoms with Crippen LogP contribution in [0.15, 0.2) is 46.3 Å². The molecule has 2 rings (SSSR count). The van der Waals surface area contributed by atoms with Gasteiger partial charge in [0.15, 0.2) is 0 Å². The van der Waals surface area contributed by atoms with Gasteiger partial charge >= 0.3 is 0 Å². The van der Waals surface area contributed by atoms with Gasteiger partial charge in [-0.05, 0) is 12.1 Å². The van der Waals surface area contributed by atoms with Gasteiger partial charge in [0.05, 0.1) is 5.69 Å². The van der Waals surface area contributed by atoms with Gasteiger partial charge in [-0.25, -0.2) is 4.98 Å². The summed E-state index contributed by atoms with van der Waals surface area (Å²) in [5, 5.41) is 3.14. The summed E-state index contributed by atoms with van der Waals surface area (Å²) in [6.45, 7) is 4.92. The first-order valence-electron chi connectivity index (χ1n) is 5.18. The minimum absolute atomic E-state index is 0.0648. The Labute approximate surface area is 107 Å². The Morgan fingerprint density at radius 3 is 3.12 bits per heavy atom. The van der Waals surface area contributed by atoms with Gasteiger partial charge in [0, 0.05) is 29.8 Å². The standard InChI is InChI=1S/C12H12BrN3O/c1-9(13)7-14-8-10-6-12(17)16-5-3-2-4-11(16)15-10/h2-6,14H,1,7-8H2. The van der Waals surface area contributed by atoms with Gasteiger partial charge in [-0.15, -0.1) is 0 Å². The SMILES string of the molecule is C=C(Br)CNCc1cc(=O)n2ccccc2n1. The van der Waals surface area contributed by atoms with Gasteiger partial charge in [0.25, 0.3) is 5.56 Å². The summed E-state index contributed by atoms with van der Waals surface area (Å²) < 4.78 is 2.39. The third kappa shape index (κ3) is 3.01. The lowest BCUT2D eigenvalue weighted by Crippen LogP contribution is -2.20. The van der Waals surface area contributed by atoms with Crippen LogP contribution in [0.3, 0.4) is 0 Å². The molecule has 0 aliphatic carbocycles. The third-order valence-electron chi connectivity index (χ3n) is 2.25. The number of hydrogen-bond donors (Lipinski definition) is 1. The van der Waals surface area contributed by atoms with Gasteiger partial charge in [0.2, 0.25) is 0 Å². The first-order chi connectivity index (χ1) is 8.16. The maximum absolute atomic E-state index is 11.8. The molecule has 0 saturated carbocycles. The average Bonchev–Trinajstić information content (AvgIpc) is 2.28. The number of aromatic nitrogens is 2. The zero-order chi connectivity index (χ0) is 12.3. The van der Waals surface area contributed by atoms with E-state index in [0.717, 1.165) is 10.2 Å². The van der Waals surface area contributed by atoms with Crippen molar-refractivity contribution in [2.45, 2.75) is 6.54 Å². The molecule has 0 fully saturated rings. The van der Waals surface area contributed by atoms with Crippen LogP contribution in [0.5, 0.6) is 0 Å². The van der Waals surface area contributed by atoms with Crippen molar-refractivity contribution in [3.8, 4) is 0 Å². The molecule has 88 valence electrons. The van der Waals surface area contributed by atoms with Crippen LogP contribution in [-0.4, -0.2) is 15.9 Å². The molecule has 0 radical (unpaired) electrons. The van der Waals surface area contributed by atoms with E-state index in [4.69, 9.17) is 0 Å². The Hall–Kier alpha value is -1.46. The number of hydrogen-bond acceptors (Lipinski definition) is 3. The molecule has 0 aliphatic rings. The zero-order valence-electron chi connectivity index (χ0n) is 9.19. The van der Waals surface area contributed by atoms with E-state index in [9.17, 15) is 4.79 Å². The fourth-order valence-corrected chi connectivity index (χ4v) is 1.72. The van der Waals surface area contributed by atoms with Crippen LogP contribution in [0.1, 0.15) is 5.69 Å². The minimum Gasteiger partial charge on any atom is -0.307 e. The Balaban J connectivity index is 2.25. The number of nitrogens with zero attached hydrogens (tertiary/aromatic N) is 2. The monoisotopic (exact) mass is 293 g/mol. The van der Waals surface area contributed by atoms with E-state index in [1.165, 1.54) is 10.5 Å². The summed E-state index contributed by atoms with van der Waals surface area (Å²) in [7, 11) is 0. The van der Waals surface area contributed by atoms with Crippen molar-refractivity contribution in [1.29, 1.82) is 0 Å². The first-order valence-corrected chi connectivity index (χ1v) is 5.97. The minimum atomic E-state index is -0.0648. The molecule has 17 heavy (non-hydrogen) atoms. The number of nitrogens with one attached hydrogen (secondary N) is 1. The largest absolute Gasteiger partial charge is 0.307 e. The summed E-state index contributed by atoms with van der Waals surface area (Å²) >= 11 is 3.26. The van der Waals surface area contributed by atoms with Crippen molar-refractivity contribution in [1.82, 2.24) is 14.7 Å². The van der Waals surface area contributed by atoms with Crippen LogP contribution in [0, 0.1) is 0 Å². The maximum atomic E-state index is 11.8. The molecule has 1 N–H and O–H groups in total. The van der Waals surface area contributed by atoms with Crippen molar-refractivity contribution in [3.05, 3.63) is 57.6 Å². The summed E-state index contributed by atoms with van der Waals surface area (Å²) in [6, 6.07) is 7.02. The molecule has 5 heteroatoms. The highest BCUT2D eigenvalue weighted by molar-refractivity contribution is 9.11. The van der Waals surface area contributed by atoms with E-state index < -0.39 is 0 Å². The fraction of sp³-hybridized carbons (Fsp3) is 0.167. The third-order valence-corrected chi connectivity index (χ3v) is 2.53. The van der Waals surface area contributed by atoms with Crippen LogP contribution in [0.4, 0.5) is 0 Å². The van der Waals surface area contributed by atoms with Crippen molar-refractivity contribution in [2.75, 3.05) is 6.54 Å². The highest BCUT2D eigenvalue weighted by Gasteiger charge is 2.01. The average molecular weight is 294 g/mol. The molecule has 4 nitrogen and oxygen atoms in total. The Kier molecular flexibility index (Phi) is 3.71. The molecular formula is C12H12BrN3O. The molecule has 0 aliphatic heterocycles. The van der Waals surface area contributed by atoms with E-state index in [1.54, 1.807) is 6.20 Å². The Morgan fingerprint density at radius 1 is 1.53 bits per heavy atom. The van der Waals surface area contributed by atoms with Gasteiger partial charge in [-0.2, -0.15) is 0 Å². The van der Waals surface area contributed by atoms with Crippen LogP contribution in [0.2, 0.25) is 0 Å². The van der Waals surface area contributed by atoms with E-state index in [-0.39, 0.29) is 5.56 Å². The summed E-state index contributed by atoms with van der Waals surface area (Å²) in [6.07, 6.45) is 1.71. The first kappa shape index (κ1) is 12.0. The highest BCUT2D eigenvalue weighted by atomic mass is 79.9. The normalized spacial score (nSPS) is 10.6. The second-order valence-electron chi connectivity index (χ2n) is 3.64. The second kappa shape index (κ2) is 5.25. The molecule has 2 aromatic heterocycles. The predicted octanol–water partition coefficient (Wildman–Crippen LogP) is 1.69. The number of rotatable bonds is 4. The van der Waals surface area contributed by atoms with E-state index in [1.807, 2.05) is 18.2 Å².